The minimum absolute atomic E-state index is 0.114. The van der Waals surface area contributed by atoms with Crippen molar-refractivity contribution in [2.24, 2.45) is 7.05 Å². The van der Waals surface area contributed by atoms with Crippen LogP contribution in [0.2, 0.25) is 0 Å². The molecular formula is C12H13N3O2. The Balaban J connectivity index is 2.27. The van der Waals surface area contributed by atoms with E-state index in [1.807, 2.05) is 0 Å². The lowest BCUT2D eigenvalue weighted by Gasteiger charge is -2.08. The fourth-order valence-electron chi connectivity index (χ4n) is 1.55. The van der Waals surface area contributed by atoms with E-state index >= 15 is 0 Å². The summed E-state index contributed by atoms with van der Waals surface area (Å²) in [6, 6.07) is 6.56. The summed E-state index contributed by atoms with van der Waals surface area (Å²) in [4.78, 5) is 12.0. The molecule has 5 heteroatoms. The molecule has 0 saturated heterocycles. The van der Waals surface area contributed by atoms with Gasteiger partial charge in [-0.15, -0.1) is 0 Å². The molecular weight excluding hydrogens is 218 g/mol. The van der Waals surface area contributed by atoms with Gasteiger partial charge in [0, 0.05) is 24.2 Å². The van der Waals surface area contributed by atoms with Gasteiger partial charge in [0.2, 0.25) is 0 Å². The summed E-state index contributed by atoms with van der Waals surface area (Å²) in [5.41, 5.74) is 1.01. The van der Waals surface area contributed by atoms with Gasteiger partial charge in [-0.25, -0.2) is 0 Å². The molecule has 0 aliphatic rings. The number of carbonyl (C=O) groups is 1. The monoisotopic (exact) mass is 231 g/mol. The molecule has 1 amide bonds. The molecule has 0 bridgehead atoms. The molecule has 0 spiro atoms. The van der Waals surface area contributed by atoms with Crippen LogP contribution in [-0.2, 0) is 7.05 Å². The average Bonchev–Trinajstić information content (AvgIpc) is 2.68. The molecule has 0 saturated carbocycles. The lowest BCUT2D eigenvalue weighted by atomic mass is 10.1. The highest BCUT2D eigenvalue weighted by atomic mass is 16.3. The zero-order valence-electron chi connectivity index (χ0n) is 9.64. The van der Waals surface area contributed by atoms with Crippen LogP contribution in [0.4, 0.5) is 5.82 Å². The molecule has 1 aromatic heterocycles. The fourth-order valence-corrected chi connectivity index (χ4v) is 1.55. The van der Waals surface area contributed by atoms with E-state index in [-0.39, 0.29) is 11.7 Å². The van der Waals surface area contributed by atoms with Crippen molar-refractivity contribution >= 4 is 11.7 Å². The van der Waals surface area contributed by atoms with Gasteiger partial charge in [-0.3, -0.25) is 9.48 Å². The van der Waals surface area contributed by atoms with E-state index in [0.717, 1.165) is 0 Å². The number of nitrogens with one attached hydrogen (secondary N) is 1. The standard InChI is InChI=1S/C12H13N3O2/c1-8-9(4-3-5-10(8)16)12(17)14-11-6-7-13-15(11)2/h3-7,16H,1-2H3,(H,14,17). The van der Waals surface area contributed by atoms with E-state index in [1.54, 1.807) is 49.1 Å². The van der Waals surface area contributed by atoms with E-state index in [1.165, 1.54) is 0 Å². The summed E-state index contributed by atoms with van der Waals surface area (Å²) < 4.78 is 1.57. The Kier molecular flexibility index (Phi) is 2.82. The van der Waals surface area contributed by atoms with Crippen LogP contribution < -0.4 is 5.32 Å². The van der Waals surface area contributed by atoms with Crippen molar-refractivity contribution in [2.75, 3.05) is 5.32 Å². The summed E-state index contributed by atoms with van der Waals surface area (Å²) in [6.45, 7) is 1.70. The number of aromatic nitrogens is 2. The third-order valence-corrected chi connectivity index (χ3v) is 2.61. The van der Waals surface area contributed by atoms with Crippen LogP contribution in [0.25, 0.3) is 0 Å². The van der Waals surface area contributed by atoms with Crippen LogP contribution in [-0.4, -0.2) is 20.8 Å². The van der Waals surface area contributed by atoms with Gasteiger partial charge in [0.1, 0.15) is 11.6 Å². The number of nitrogens with zero attached hydrogens (tertiary/aromatic N) is 2. The van der Waals surface area contributed by atoms with Crippen molar-refractivity contribution in [3.8, 4) is 5.75 Å². The quantitative estimate of drug-likeness (QED) is 0.826. The van der Waals surface area contributed by atoms with Crippen molar-refractivity contribution in [1.29, 1.82) is 0 Å². The van der Waals surface area contributed by atoms with Crippen LogP contribution in [0.3, 0.4) is 0 Å². The third kappa shape index (κ3) is 2.13. The van der Waals surface area contributed by atoms with Gasteiger partial charge in [-0.2, -0.15) is 5.10 Å². The summed E-state index contributed by atoms with van der Waals surface area (Å²) in [5, 5.41) is 16.2. The summed E-state index contributed by atoms with van der Waals surface area (Å²) in [7, 11) is 1.74. The summed E-state index contributed by atoms with van der Waals surface area (Å²) in [6.07, 6.45) is 1.60. The van der Waals surface area contributed by atoms with Crippen molar-refractivity contribution in [3.63, 3.8) is 0 Å². The SMILES string of the molecule is Cc1c(O)cccc1C(=O)Nc1ccnn1C. The number of carbonyl (C=O) groups excluding carboxylic acids is 1. The predicted molar refractivity (Wildman–Crippen MR) is 64.0 cm³/mol. The topological polar surface area (TPSA) is 67.2 Å². The molecule has 0 aliphatic heterocycles. The molecule has 5 nitrogen and oxygen atoms in total. The van der Waals surface area contributed by atoms with E-state index in [2.05, 4.69) is 10.4 Å². The Hall–Kier alpha value is -2.30. The number of aryl methyl sites for hydroxylation is 1. The first-order valence-electron chi connectivity index (χ1n) is 5.17. The van der Waals surface area contributed by atoms with Crippen molar-refractivity contribution in [2.45, 2.75) is 6.92 Å². The molecule has 0 unspecified atom stereocenters. The van der Waals surface area contributed by atoms with Crippen LogP contribution in [0.15, 0.2) is 30.5 Å². The van der Waals surface area contributed by atoms with E-state index in [9.17, 15) is 9.90 Å². The molecule has 2 rings (SSSR count). The molecule has 0 fully saturated rings. The molecule has 1 aromatic carbocycles. The van der Waals surface area contributed by atoms with Gasteiger partial charge in [-0.05, 0) is 19.1 Å². The summed E-state index contributed by atoms with van der Waals surface area (Å²) in [5.74, 6) is 0.461. The maximum Gasteiger partial charge on any atom is 0.257 e. The largest absolute Gasteiger partial charge is 0.508 e. The number of anilines is 1. The average molecular weight is 231 g/mol. The Morgan fingerprint density at radius 3 is 2.82 bits per heavy atom. The maximum absolute atomic E-state index is 12.0. The van der Waals surface area contributed by atoms with Crippen LogP contribution in [0.5, 0.6) is 5.75 Å². The summed E-state index contributed by atoms with van der Waals surface area (Å²) >= 11 is 0. The van der Waals surface area contributed by atoms with Crippen LogP contribution >= 0.6 is 0 Å². The number of amides is 1. The third-order valence-electron chi connectivity index (χ3n) is 2.61. The Morgan fingerprint density at radius 2 is 2.18 bits per heavy atom. The molecule has 0 radical (unpaired) electrons. The zero-order valence-corrected chi connectivity index (χ0v) is 9.64. The second-order valence-electron chi connectivity index (χ2n) is 3.74. The molecule has 17 heavy (non-hydrogen) atoms. The van der Waals surface area contributed by atoms with Crippen LogP contribution in [0.1, 0.15) is 15.9 Å². The Morgan fingerprint density at radius 1 is 1.41 bits per heavy atom. The minimum atomic E-state index is -0.262. The van der Waals surface area contributed by atoms with E-state index in [4.69, 9.17) is 0 Å². The lowest BCUT2D eigenvalue weighted by Crippen LogP contribution is -2.15. The van der Waals surface area contributed by atoms with Crippen molar-refractivity contribution in [1.82, 2.24) is 9.78 Å². The Bertz CT molecular complexity index is 561. The first-order chi connectivity index (χ1) is 8.09. The van der Waals surface area contributed by atoms with E-state index in [0.29, 0.717) is 16.9 Å². The molecule has 0 aliphatic carbocycles. The number of benzene rings is 1. The van der Waals surface area contributed by atoms with Gasteiger partial charge in [-0.1, -0.05) is 6.07 Å². The Labute approximate surface area is 98.7 Å². The van der Waals surface area contributed by atoms with Gasteiger partial charge in [0.05, 0.1) is 6.20 Å². The molecule has 2 N–H and O–H groups in total. The number of hydrogen-bond acceptors (Lipinski definition) is 3. The highest BCUT2D eigenvalue weighted by Gasteiger charge is 2.12. The van der Waals surface area contributed by atoms with Gasteiger partial charge >= 0.3 is 0 Å². The fraction of sp³-hybridized carbons (Fsp3) is 0.167. The number of hydrogen-bond donors (Lipinski definition) is 2. The highest BCUT2D eigenvalue weighted by Crippen LogP contribution is 2.20. The second kappa shape index (κ2) is 4.29. The first kappa shape index (κ1) is 11.2. The minimum Gasteiger partial charge on any atom is -0.508 e. The first-order valence-corrected chi connectivity index (χ1v) is 5.17. The number of aromatic hydroxyl groups is 1. The van der Waals surface area contributed by atoms with Crippen molar-refractivity contribution < 1.29 is 9.90 Å². The van der Waals surface area contributed by atoms with Crippen molar-refractivity contribution in [3.05, 3.63) is 41.6 Å². The van der Waals surface area contributed by atoms with E-state index < -0.39 is 0 Å². The molecule has 88 valence electrons. The van der Waals surface area contributed by atoms with Crippen LogP contribution in [0, 0.1) is 6.92 Å². The van der Waals surface area contributed by atoms with Gasteiger partial charge in [0.25, 0.3) is 5.91 Å². The maximum atomic E-state index is 12.0. The highest BCUT2D eigenvalue weighted by molar-refractivity contribution is 6.05. The van der Waals surface area contributed by atoms with Gasteiger partial charge in [0.15, 0.2) is 0 Å². The zero-order chi connectivity index (χ0) is 12.4. The molecule has 2 aromatic rings. The number of rotatable bonds is 2. The smallest absolute Gasteiger partial charge is 0.257 e. The van der Waals surface area contributed by atoms with Gasteiger partial charge < -0.3 is 10.4 Å². The molecule has 0 atom stereocenters. The predicted octanol–water partition coefficient (Wildman–Crippen LogP) is 1.69. The molecule has 1 heterocycles. The normalized spacial score (nSPS) is 10.2. The number of phenols is 1. The number of phenolic OH excluding ortho intramolecular Hbond substituents is 1. The lowest BCUT2D eigenvalue weighted by molar-refractivity contribution is 0.102. The second-order valence-corrected chi connectivity index (χ2v) is 3.74.